The maximum Gasteiger partial charge on any atom is 0.279 e. The first-order valence-corrected chi connectivity index (χ1v) is 13.9. The number of nitrogens with zero attached hydrogens (tertiary/aromatic N) is 3. The lowest BCUT2D eigenvalue weighted by atomic mass is 10.1. The fourth-order valence-electron chi connectivity index (χ4n) is 4.07. The second kappa shape index (κ2) is 10.9. The molecule has 0 unspecified atom stereocenters. The summed E-state index contributed by atoms with van der Waals surface area (Å²) in [5.74, 6) is 2.60. The summed E-state index contributed by atoms with van der Waals surface area (Å²) in [5.41, 5.74) is 3.49. The van der Waals surface area contributed by atoms with Crippen LogP contribution in [0, 0.1) is 38.0 Å². The number of hydrogen-bond donors (Lipinski definition) is 0. The average molecular weight is 512 g/mol. The van der Waals surface area contributed by atoms with E-state index >= 15 is 0 Å². The Morgan fingerprint density at radius 3 is 2.23 bits per heavy atom. The Morgan fingerprint density at radius 1 is 1.09 bits per heavy atom. The Bertz CT molecular complexity index is 1430. The Hall–Kier alpha value is -2.73. The second-order valence-corrected chi connectivity index (χ2v) is 12.6. The molecule has 2 aromatic carbocycles. The third-order valence-corrected chi connectivity index (χ3v) is 8.31. The molecule has 1 amide bonds. The molecule has 1 heterocycles. The molecule has 0 saturated heterocycles. The minimum Gasteiger partial charge on any atom is -0.304 e. The number of fused-ring (bicyclic) bond motifs is 1. The number of hydrogen-bond acceptors (Lipinski definition) is 4. The molecule has 0 aliphatic heterocycles. The number of thiazole rings is 1. The average Bonchev–Trinajstić information content (AvgIpc) is 3.09. The normalized spacial score (nSPS) is 12.7. The van der Waals surface area contributed by atoms with Crippen molar-refractivity contribution in [2.75, 3.05) is 13.1 Å². The molecule has 8 heteroatoms. The van der Waals surface area contributed by atoms with E-state index in [2.05, 4.69) is 23.0 Å². The Balaban J connectivity index is 1.98. The van der Waals surface area contributed by atoms with Gasteiger partial charge in [-0.15, -0.1) is 6.42 Å². The number of benzene rings is 2. The topological polar surface area (TPSA) is 71.7 Å². The maximum absolute atomic E-state index is 13.2. The lowest BCUT2D eigenvalue weighted by Gasteiger charge is -2.25. The molecule has 0 bridgehead atoms. The number of rotatable bonds is 8. The number of carbonyl (C=O) groups excluding carboxylic acids is 1. The van der Waals surface area contributed by atoms with Crippen LogP contribution in [0.2, 0.25) is 0 Å². The van der Waals surface area contributed by atoms with Crippen LogP contribution in [0.4, 0.5) is 0 Å². The van der Waals surface area contributed by atoms with Gasteiger partial charge in [0.2, 0.25) is 10.0 Å². The van der Waals surface area contributed by atoms with Gasteiger partial charge in [0.15, 0.2) is 4.80 Å². The summed E-state index contributed by atoms with van der Waals surface area (Å²) >= 11 is 1.42. The maximum atomic E-state index is 13.2. The minimum atomic E-state index is -3.67. The van der Waals surface area contributed by atoms with E-state index in [4.69, 9.17) is 6.42 Å². The molecule has 0 aliphatic rings. The molecule has 0 radical (unpaired) electrons. The van der Waals surface area contributed by atoms with Crippen molar-refractivity contribution in [1.29, 1.82) is 0 Å². The van der Waals surface area contributed by atoms with Gasteiger partial charge < -0.3 is 4.57 Å². The minimum absolute atomic E-state index is 0.172. The Labute approximate surface area is 212 Å². The molecule has 186 valence electrons. The molecule has 0 N–H and O–H groups in total. The Morgan fingerprint density at radius 2 is 1.69 bits per heavy atom. The SMILES string of the molecule is C#CCn1c(=NC(=O)c2ccc(S(=O)(=O)N(CC(C)C)CC(C)C)cc2)sc2cc(C)cc(C)c21. The van der Waals surface area contributed by atoms with E-state index in [0.717, 1.165) is 21.3 Å². The quantitative estimate of drug-likeness (QED) is 0.400. The highest BCUT2D eigenvalue weighted by Crippen LogP contribution is 2.24. The standard InChI is InChI=1S/C27H33N3O3S2/c1-8-13-30-25-21(7)14-20(6)15-24(25)34-27(30)28-26(31)22-9-11-23(12-10-22)35(32,33)29(16-18(2)3)17-19(4)5/h1,9-12,14-15,18-19H,13,16-17H2,2-7H3. The predicted molar refractivity (Wildman–Crippen MR) is 143 cm³/mol. The van der Waals surface area contributed by atoms with Gasteiger partial charge in [-0.3, -0.25) is 4.79 Å². The molecule has 0 spiro atoms. The number of sulfonamides is 1. The number of amides is 1. The van der Waals surface area contributed by atoms with E-state index in [9.17, 15) is 13.2 Å². The third-order valence-electron chi connectivity index (χ3n) is 5.44. The summed E-state index contributed by atoms with van der Waals surface area (Å²) in [6, 6.07) is 10.2. The van der Waals surface area contributed by atoms with E-state index in [-0.39, 0.29) is 16.7 Å². The van der Waals surface area contributed by atoms with Gasteiger partial charge in [0.1, 0.15) is 0 Å². The van der Waals surface area contributed by atoms with Gasteiger partial charge >= 0.3 is 0 Å². The van der Waals surface area contributed by atoms with Gasteiger partial charge in [0, 0.05) is 18.7 Å². The third kappa shape index (κ3) is 6.10. The van der Waals surface area contributed by atoms with E-state index in [1.165, 1.54) is 39.9 Å². The van der Waals surface area contributed by atoms with Crippen LogP contribution in [0.3, 0.4) is 0 Å². The van der Waals surface area contributed by atoms with Gasteiger partial charge in [0.05, 0.1) is 21.7 Å². The fraction of sp³-hybridized carbons (Fsp3) is 0.407. The molecule has 0 saturated carbocycles. The zero-order chi connectivity index (χ0) is 25.9. The summed E-state index contributed by atoms with van der Waals surface area (Å²) in [6.07, 6.45) is 5.59. The van der Waals surface area contributed by atoms with Crippen LogP contribution in [0.1, 0.15) is 49.2 Å². The molecule has 0 aliphatic carbocycles. The highest BCUT2D eigenvalue weighted by atomic mass is 32.2. The fourth-order valence-corrected chi connectivity index (χ4v) is 7.04. The smallest absolute Gasteiger partial charge is 0.279 e. The van der Waals surface area contributed by atoms with Gasteiger partial charge in [-0.05, 0) is 67.1 Å². The van der Waals surface area contributed by atoms with Crippen molar-refractivity contribution in [3.8, 4) is 12.3 Å². The Kier molecular flexibility index (Phi) is 8.37. The highest BCUT2D eigenvalue weighted by molar-refractivity contribution is 7.89. The van der Waals surface area contributed by atoms with Crippen molar-refractivity contribution in [3.63, 3.8) is 0 Å². The second-order valence-electron chi connectivity index (χ2n) is 9.65. The molecule has 0 atom stereocenters. The highest BCUT2D eigenvalue weighted by Gasteiger charge is 2.26. The molecule has 6 nitrogen and oxygen atoms in total. The number of aryl methyl sites for hydroxylation is 2. The molecule has 1 aromatic heterocycles. The van der Waals surface area contributed by atoms with Gasteiger partial charge in [-0.2, -0.15) is 9.30 Å². The molecular formula is C27H33N3O3S2. The van der Waals surface area contributed by atoms with Crippen molar-refractivity contribution >= 4 is 37.5 Å². The zero-order valence-electron chi connectivity index (χ0n) is 21.2. The van der Waals surface area contributed by atoms with Gasteiger partial charge in [-0.1, -0.05) is 51.0 Å². The summed E-state index contributed by atoms with van der Waals surface area (Å²) in [4.78, 5) is 18.0. The first kappa shape index (κ1) is 26.9. The van der Waals surface area contributed by atoms with Crippen molar-refractivity contribution in [1.82, 2.24) is 8.87 Å². The van der Waals surface area contributed by atoms with Crippen molar-refractivity contribution in [3.05, 3.63) is 57.9 Å². The van der Waals surface area contributed by atoms with Crippen LogP contribution in [-0.2, 0) is 16.6 Å². The van der Waals surface area contributed by atoms with E-state index in [1.807, 2.05) is 46.1 Å². The summed E-state index contributed by atoms with van der Waals surface area (Å²) in [7, 11) is -3.67. The van der Waals surface area contributed by atoms with Crippen LogP contribution in [0.15, 0.2) is 46.3 Å². The first-order chi connectivity index (χ1) is 16.4. The van der Waals surface area contributed by atoms with Gasteiger partial charge in [-0.25, -0.2) is 8.42 Å². The number of carbonyl (C=O) groups is 1. The largest absolute Gasteiger partial charge is 0.304 e. The zero-order valence-corrected chi connectivity index (χ0v) is 22.8. The summed E-state index contributed by atoms with van der Waals surface area (Å²) in [6.45, 7) is 13.2. The van der Waals surface area contributed by atoms with E-state index < -0.39 is 15.9 Å². The summed E-state index contributed by atoms with van der Waals surface area (Å²) < 4.78 is 30.9. The molecule has 0 fully saturated rings. The van der Waals surface area contributed by atoms with E-state index in [1.54, 1.807) is 0 Å². The molecular weight excluding hydrogens is 478 g/mol. The van der Waals surface area contributed by atoms with E-state index in [0.29, 0.717) is 30.0 Å². The number of terminal acetylenes is 1. The first-order valence-electron chi connectivity index (χ1n) is 11.7. The van der Waals surface area contributed by atoms with Gasteiger partial charge in [0.25, 0.3) is 5.91 Å². The lowest BCUT2D eigenvalue weighted by molar-refractivity contribution is 0.0998. The van der Waals surface area contributed by atoms with Crippen molar-refractivity contribution in [2.24, 2.45) is 16.8 Å². The monoisotopic (exact) mass is 511 g/mol. The van der Waals surface area contributed by atoms with Crippen LogP contribution in [-0.4, -0.2) is 36.3 Å². The molecule has 35 heavy (non-hydrogen) atoms. The van der Waals surface area contributed by atoms with Crippen molar-refractivity contribution < 1.29 is 13.2 Å². The lowest BCUT2D eigenvalue weighted by Crippen LogP contribution is -2.37. The molecule has 3 aromatic rings. The predicted octanol–water partition coefficient (Wildman–Crippen LogP) is 5.00. The summed E-state index contributed by atoms with van der Waals surface area (Å²) in [5, 5.41) is 0. The van der Waals surface area contributed by atoms with Crippen LogP contribution in [0.5, 0.6) is 0 Å². The van der Waals surface area contributed by atoms with Crippen LogP contribution in [0.25, 0.3) is 10.2 Å². The van der Waals surface area contributed by atoms with Crippen LogP contribution < -0.4 is 4.80 Å². The molecule has 3 rings (SSSR count). The van der Waals surface area contributed by atoms with Crippen molar-refractivity contribution in [2.45, 2.75) is 53.0 Å². The number of aromatic nitrogens is 1. The van der Waals surface area contributed by atoms with Crippen LogP contribution >= 0.6 is 11.3 Å².